The number of aromatic nitrogens is 4. The Morgan fingerprint density at radius 1 is 1.32 bits per heavy atom. The van der Waals surface area contributed by atoms with E-state index in [0.717, 1.165) is 34.4 Å². The number of nitrogens with zero attached hydrogens (tertiary/aromatic N) is 5. The molecule has 0 aliphatic carbocycles. The number of fused-ring (bicyclic) bond motifs is 1. The Balaban J connectivity index is 1.45. The number of likely N-dealkylation sites (tertiary alicyclic amines) is 1. The van der Waals surface area contributed by atoms with Crippen LogP contribution in [0.5, 0.6) is 0 Å². The Kier molecular flexibility index (Phi) is 7.68. The Bertz CT molecular complexity index is 1440. The van der Waals surface area contributed by atoms with Crippen LogP contribution < -0.4 is 10.6 Å². The lowest BCUT2D eigenvalue weighted by Crippen LogP contribution is -2.37. The third-order valence-electron chi connectivity index (χ3n) is 6.74. The molecule has 0 spiro atoms. The SMILES string of the molecule is C=CC(=O)N1CCC[C@@H]1Cn1c(NC(=O)c2ccc(-n3cccn3)s2)nc2cc(CN[C@@H](C)CO)ccc21. The number of anilines is 1. The molecule has 4 heterocycles. The minimum absolute atomic E-state index is 0.0199. The first-order chi connectivity index (χ1) is 18.5. The summed E-state index contributed by atoms with van der Waals surface area (Å²) in [5.41, 5.74) is 2.64. The molecule has 2 atom stereocenters. The van der Waals surface area contributed by atoms with E-state index in [1.54, 1.807) is 16.9 Å². The van der Waals surface area contributed by atoms with Crippen LogP contribution in [0.4, 0.5) is 5.95 Å². The fourth-order valence-corrected chi connectivity index (χ4v) is 5.54. The number of hydrogen-bond acceptors (Lipinski definition) is 7. The summed E-state index contributed by atoms with van der Waals surface area (Å²) in [5.74, 6) is 0.0958. The predicted molar refractivity (Wildman–Crippen MR) is 147 cm³/mol. The van der Waals surface area contributed by atoms with E-state index >= 15 is 0 Å². The molecule has 0 bridgehead atoms. The fraction of sp³-hybridized carbons (Fsp3) is 0.333. The van der Waals surface area contributed by atoms with E-state index in [1.165, 1.54) is 17.4 Å². The number of imidazole rings is 1. The zero-order valence-electron chi connectivity index (χ0n) is 21.2. The maximum atomic E-state index is 13.3. The number of carbonyl (C=O) groups excluding carboxylic acids is 2. The van der Waals surface area contributed by atoms with Gasteiger partial charge in [-0.2, -0.15) is 5.10 Å². The summed E-state index contributed by atoms with van der Waals surface area (Å²) >= 11 is 1.34. The van der Waals surface area contributed by atoms with Crippen molar-refractivity contribution >= 4 is 40.1 Å². The topological polar surface area (TPSA) is 117 Å². The second kappa shape index (κ2) is 11.3. The van der Waals surface area contributed by atoms with E-state index in [9.17, 15) is 14.7 Å². The summed E-state index contributed by atoms with van der Waals surface area (Å²) in [7, 11) is 0. The lowest BCUT2D eigenvalue weighted by molar-refractivity contribution is -0.126. The number of nitrogens with one attached hydrogen (secondary N) is 2. The number of thiophene rings is 1. The smallest absolute Gasteiger partial charge is 0.268 e. The van der Waals surface area contributed by atoms with Gasteiger partial charge < -0.3 is 19.9 Å². The highest BCUT2D eigenvalue weighted by Gasteiger charge is 2.29. The number of carbonyl (C=O) groups is 2. The lowest BCUT2D eigenvalue weighted by atomic mass is 10.1. The van der Waals surface area contributed by atoms with Gasteiger partial charge in [-0.3, -0.25) is 14.9 Å². The molecule has 1 aliphatic heterocycles. The van der Waals surface area contributed by atoms with Gasteiger partial charge >= 0.3 is 0 Å². The Morgan fingerprint density at radius 3 is 2.95 bits per heavy atom. The maximum Gasteiger partial charge on any atom is 0.268 e. The van der Waals surface area contributed by atoms with Gasteiger partial charge in [-0.15, -0.1) is 11.3 Å². The second-order valence-electron chi connectivity index (χ2n) is 9.41. The molecule has 198 valence electrons. The van der Waals surface area contributed by atoms with Crippen molar-refractivity contribution in [2.24, 2.45) is 0 Å². The van der Waals surface area contributed by atoms with E-state index in [2.05, 4.69) is 22.3 Å². The van der Waals surface area contributed by atoms with Crippen LogP contribution in [-0.4, -0.2) is 66.4 Å². The third kappa shape index (κ3) is 5.40. The maximum absolute atomic E-state index is 13.3. The average Bonchev–Trinajstić information content (AvgIpc) is 3.74. The van der Waals surface area contributed by atoms with Crippen molar-refractivity contribution < 1.29 is 14.7 Å². The van der Waals surface area contributed by atoms with Crippen LogP contribution in [0.2, 0.25) is 0 Å². The third-order valence-corrected chi connectivity index (χ3v) is 7.81. The van der Waals surface area contributed by atoms with Gasteiger partial charge in [0.25, 0.3) is 5.91 Å². The van der Waals surface area contributed by atoms with Crippen LogP contribution in [0, 0.1) is 0 Å². The van der Waals surface area contributed by atoms with Crippen LogP contribution in [0.1, 0.15) is 35.0 Å². The van der Waals surface area contributed by atoms with Crippen molar-refractivity contribution in [1.82, 2.24) is 29.5 Å². The molecule has 11 heteroatoms. The van der Waals surface area contributed by atoms with Gasteiger partial charge in [-0.05, 0) is 61.7 Å². The molecule has 3 N–H and O–H groups in total. The molecule has 3 aromatic heterocycles. The Labute approximate surface area is 224 Å². The van der Waals surface area contributed by atoms with Gasteiger partial charge in [-0.25, -0.2) is 9.67 Å². The standard InChI is InChI=1S/C27H31N7O3S/c1-3-24(36)32-12-4-6-20(32)16-33-22-8-7-19(15-28-18(2)17-35)14-21(22)30-27(33)31-26(37)23-9-10-25(38-23)34-13-5-11-29-34/h3,5,7-11,13-14,18,20,28,35H,1,4,6,12,15-17H2,2H3,(H,30,31,37)/t18-,20+/m0/s1. The van der Waals surface area contributed by atoms with Crippen LogP contribution in [0.15, 0.2) is 61.4 Å². The van der Waals surface area contributed by atoms with Crippen LogP contribution in [0.25, 0.3) is 16.0 Å². The molecular formula is C27H31N7O3S. The summed E-state index contributed by atoms with van der Waals surface area (Å²) in [6.45, 7) is 7.40. The minimum atomic E-state index is -0.255. The molecule has 10 nitrogen and oxygen atoms in total. The molecule has 1 aliphatic rings. The predicted octanol–water partition coefficient (Wildman–Crippen LogP) is 3.18. The van der Waals surface area contributed by atoms with Crippen molar-refractivity contribution in [3.05, 3.63) is 71.9 Å². The highest BCUT2D eigenvalue weighted by Crippen LogP contribution is 2.27. The zero-order valence-corrected chi connectivity index (χ0v) is 22.0. The monoisotopic (exact) mass is 533 g/mol. The molecule has 0 radical (unpaired) electrons. The van der Waals surface area contributed by atoms with E-state index in [1.807, 2.05) is 52.9 Å². The number of aliphatic hydroxyl groups is 1. The van der Waals surface area contributed by atoms with Crippen LogP contribution >= 0.6 is 11.3 Å². The summed E-state index contributed by atoms with van der Waals surface area (Å²) in [6, 6.07) is 11.4. The summed E-state index contributed by atoms with van der Waals surface area (Å²) < 4.78 is 3.71. The molecule has 0 unspecified atom stereocenters. The molecule has 4 aromatic rings. The molecule has 2 amide bonds. The van der Waals surface area contributed by atoms with E-state index in [4.69, 9.17) is 4.98 Å². The number of hydrogen-bond donors (Lipinski definition) is 3. The van der Waals surface area contributed by atoms with Gasteiger partial charge in [0.1, 0.15) is 5.00 Å². The Hall–Kier alpha value is -3.80. The van der Waals surface area contributed by atoms with Gasteiger partial charge in [0.05, 0.1) is 28.6 Å². The molecule has 1 saturated heterocycles. The highest BCUT2D eigenvalue weighted by molar-refractivity contribution is 7.16. The number of benzene rings is 1. The average molecular weight is 534 g/mol. The first-order valence-corrected chi connectivity index (χ1v) is 13.5. The molecule has 0 saturated carbocycles. The largest absolute Gasteiger partial charge is 0.395 e. The fourth-order valence-electron chi connectivity index (χ4n) is 4.70. The summed E-state index contributed by atoms with van der Waals surface area (Å²) in [4.78, 5) is 32.9. The molecule has 1 aromatic carbocycles. The molecule has 1 fully saturated rings. The van der Waals surface area contributed by atoms with E-state index in [-0.39, 0.29) is 30.5 Å². The second-order valence-corrected chi connectivity index (χ2v) is 10.5. The number of aliphatic hydroxyl groups excluding tert-OH is 1. The van der Waals surface area contributed by atoms with Crippen molar-refractivity contribution in [2.75, 3.05) is 18.5 Å². The summed E-state index contributed by atoms with van der Waals surface area (Å²) in [5, 5.41) is 20.7. The van der Waals surface area contributed by atoms with Crippen molar-refractivity contribution in [3.63, 3.8) is 0 Å². The summed E-state index contributed by atoms with van der Waals surface area (Å²) in [6.07, 6.45) is 6.67. The minimum Gasteiger partial charge on any atom is -0.395 e. The van der Waals surface area contributed by atoms with Crippen LogP contribution in [0.3, 0.4) is 0 Å². The molecular weight excluding hydrogens is 502 g/mol. The van der Waals surface area contributed by atoms with Crippen molar-refractivity contribution in [3.8, 4) is 5.00 Å². The number of rotatable bonds is 10. The first kappa shape index (κ1) is 25.8. The Morgan fingerprint density at radius 2 is 2.18 bits per heavy atom. The van der Waals surface area contributed by atoms with Gasteiger partial charge in [-0.1, -0.05) is 12.6 Å². The van der Waals surface area contributed by atoms with Crippen molar-refractivity contribution in [2.45, 2.75) is 44.9 Å². The van der Waals surface area contributed by atoms with Crippen molar-refractivity contribution in [1.29, 1.82) is 0 Å². The quantitative estimate of drug-likeness (QED) is 0.270. The lowest BCUT2D eigenvalue weighted by Gasteiger charge is -2.24. The number of amides is 2. The normalized spacial score (nSPS) is 16.2. The molecule has 5 rings (SSSR count). The van der Waals surface area contributed by atoms with Gasteiger partial charge in [0.15, 0.2) is 0 Å². The van der Waals surface area contributed by atoms with Gasteiger partial charge in [0.2, 0.25) is 11.9 Å². The van der Waals surface area contributed by atoms with Gasteiger partial charge in [0, 0.05) is 38.1 Å². The van der Waals surface area contributed by atoms with Crippen LogP contribution in [-0.2, 0) is 17.9 Å². The van der Waals surface area contributed by atoms with E-state index < -0.39 is 0 Å². The highest BCUT2D eigenvalue weighted by atomic mass is 32.1. The first-order valence-electron chi connectivity index (χ1n) is 12.6. The molecule has 38 heavy (non-hydrogen) atoms. The van der Waals surface area contributed by atoms with E-state index in [0.29, 0.717) is 30.5 Å². The zero-order chi connectivity index (χ0) is 26.6.